The van der Waals surface area contributed by atoms with Crippen LogP contribution >= 0.6 is 11.6 Å². The lowest BCUT2D eigenvalue weighted by Gasteiger charge is -2.12. The summed E-state index contributed by atoms with van der Waals surface area (Å²) < 4.78 is 12.3. The van der Waals surface area contributed by atoms with Gasteiger partial charge in [-0.3, -0.25) is 4.79 Å². The van der Waals surface area contributed by atoms with E-state index in [9.17, 15) is 10.1 Å². The minimum absolute atomic E-state index is 0.0907. The molecule has 8 heteroatoms. The van der Waals surface area contributed by atoms with E-state index in [0.717, 1.165) is 16.8 Å². The van der Waals surface area contributed by atoms with Crippen molar-refractivity contribution in [1.29, 1.82) is 5.26 Å². The third kappa shape index (κ3) is 5.24. The number of hydrogen-bond acceptors (Lipinski definition) is 5. The van der Waals surface area contributed by atoms with Crippen LogP contribution in [0.25, 0.3) is 23.0 Å². The molecule has 0 saturated heterocycles. The van der Waals surface area contributed by atoms with E-state index in [1.54, 1.807) is 30.1 Å². The van der Waals surface area contributed by atoms with Crippen LogP contribution in [0.5, 0.6) is 11.5 Å². The number of nitrogens with one attached hydrogen (secondary N) is 1. The molecule has 1 amide bonds. The molecule has 4 aromatic rings. The van der Waals surface area contributed by atoms with Crippen LogP contribution < -0.4 is 14.8 Å². The van der Waals surface area contributed by atoms with Gasteiger partial charge in [0.2, 0.25) is 0 Å². The first-order valence-corrected chi connectivity index (χ1v) is 11.4. The first-order valence-electron chi connectivity index (χ1n) is 11.0. The number of halogens is 1. The normalized spacial score (nSPS) is 11.0. The molecule has 0 saturated carbocycles. The van der Waals surface area contributed by atoms with Crippen molar-refractivity contribution in [3.05, 3.63) is 94.6 Å². The zero-order valence-electron chi connectivity index (χ0n) is 19.9. The summed E-state index contributed by atoms with van der Waals surface area (Å²) in [6.45, 7) is 1.82. The molecule has 7 nitrogen and oxygen atoms in total. The van der Waals surface area contributed by atoms with Crippen molar-refractivity contribution in [3.63, 3.8) is 0 Å². The van der Waals surface area contributed by atoms with Crippen LogP contribution in [-0.2, 0) is 4.79 Å². The van der Waals surface area contributed by atoms with Crippen LogP contribution in [0.4, 0.5) is 5.69 Å². The van der Waals surface area contributed by atoms with Crippen LogP contribution in [0.1, 0.15) is 11.1 Å². The molecule has 0 aliphatic rings. The van der Waals surface area contributed by atoms with Crippen molar-refractivity contribution in [3.8, 4) is 34.5 Å². The lowest BCUT2D eigenvalue weighted by molar-refractivity contribution is -0.112. The van der Waals surface area contributed by atoms with Gasteiger partial charge in [-0.15, -0.1) is 0 Å². The van der Waals surface area contributed by atoms with Gasteiger partial charge in [-0.1, -0.05) is 29.8 Å². The summed E-state index contributed by atoms with van der Waals surface area (Å²) in [5.41, 5.74) is 3.96. The third-order valence-corrected chi connectivity index (χ3v) is 5.93. The predicted molar refractivity (Wildman–Crippen MR) is 141 cm³/mol. The molecule has 0 aliphatic heterocycles. The van der Waals surface area contributed by atoms with Gasteiger partial charge >= 0.3 is 0 Å². The quantitative estimate of drug-likeness (QED) is 0.247. The summed E-state index contributed by atoms with van der Waals surface area (Å²) in [5.74, 6) is 0.528. The second kappa shape index (κ2) is 10.8. The number of nitriles is 1. The van der Waals surface area contributed by atoms with E-state index in [-0.39, 0.29) is 5.57 Å². The molecular formula is C28H23ClN4O3. The fourth-order valence-corrected chi connectivity index (χ4v) is 3.76. The molecule has 0 atom stereocenters. The van der Waals surface area contributed by atoms with Gasteiger partial charge in [0, 0.05) is 28.4 Å². The fourth-order valence-electron chi connectivity index (χ4n) is 3.60. The average molecular weight is 499 g/mol. The number of aryl methyl sites for hydroxylation is 1. The second-order valence-corrected chi connectivity index (χ2v) is 8.27. The molecule has 0 radical (unpaired) electrons. The molecule has 1 heterocycles. The number of aromatic nitrogens is 2. The number of nitrogens with zero attached hydrogens (tertiary/aromatic N) is 3. The fraction of sp³-hybridized carbons (Fsp3) is 0.107. The van der Waals surface area contributed by atoms with Crippen molar-refractivity contribution in [1.82, 2.24) is 9.78 Å². The minimum atomic E-state index is -0.578. The number of carbonyl (C=O) groups excluding carboxylic acids is 1. The van der Waals surface area contributed by atoms with E-state index < -0.39 is 5.91 Å². The highest BCUT2D eigenvalue weighted by molar-refractivity contribution is 6.31. The Hall–Kier alpha value is -4.54. The number of amides is 1. The summed E-state index contributed by atoms with van der Waals surface area (Å²) in [4.78, 5) is 13.1. The highest BCUT2D eigenvalue weighted by Crippen LogP contribution is 2.32. The highest BCUT2D eigenvalue weighted by Gasteiger charge is 2.17. The first kappa shape index (κ1) is 24.6. The Labute approximate surface area is 214 Å². The largest absolute Gasteiger partial charge is 0.497 e. The molecule has 3 aromatic carbocycles. The van der Waals surface area contributed by atoms with Crippen LogP contribution in [0.3, 0.4) is 0 Å². The number of carbonyl (C=O) groups is 1. The standard InChI is InChI=1S/C28H23ClN4O3/c1-18-13-25(26(36-3)15-24(18)29)31-28(34)20(16-30)14-21-17-33(22-7-5-4-6-8-22)32-27(21)19-9-11-23(35-2)12-10-19/h4-15,17H,1-3H3,(H,31,34)/b20-14+. The molecule has 0 fully saturated rings. The van der Waals surface area contributed by atoms with Gasteiger partial charge in [0.1, 0.15) is 23.1 Å². The molecule has 0 spiro atoms. The summed E-state index contributed by atoms with van der Waals surface area (Å²) in [6.07, 6.45) is 3.31. The number of ether oxygens (including phenoxy) is 2. The van der Waals surface area contributed by atoms with Crippen LogP contribution in [-0.4, -0.2) is 29.9 Å². The highest BCUT2D eigenvalue weighted by atomic mass is 35.5. The summed E-state index contributed by atoms with van der Waals surface area (Å²) in [5, 5.41) is 17.8. The average Bonchev–Trinajstić information content (AvgIpc) is 3.33. The zero-order valence-corrected chi connectivity index (χ0v) is 20.7. The predicted octanol–water partition coefficient (Wildman–Crippen LogP) is 6.06. The van der Waals surface area contributed by atoms with Gasteiger partial charge in [0.15, 0.2) is 0 Å². The molecule has 0 unspecified atom stereocenters. The lowest BCUT2D eigenvalue weighted by Crippen LogP contribution is -2.14. The van der Waals surface area contributed by atoms with E-state index in [0.29, 0.717) is 33.5 Å². The Morgan fingerprint density at radius 1 is 1.08 bits per heavy atom. The molecule has 1 aromatic heterocycles. The molecule has 4 rings (SSSR count). The van der Waals surface area contributed by atoms with E-state index in [4.69, 9.17) is 26.2 Å². The maximum Gasteiger partial charge on any atom is 0.266 e. The van der Waals surface area contributed by atoms with Gasteiger partial charge in [-0.2, -0.15) is 10.4 Å². The van der Waals surface area contributed by atoms with Gasteiger partial charge in [0.25, 0.3) is 5.91 Å². The maximum atomic E-state index is 13.1. The number of methoxy groups -OCH3 is 2. The number of rotatable bonds is 7. The van der Waals surface area contributed by atoms with Crippen molar-refractivity contribution < 1.29 is 14.3 Å². The number of para-hydroxylation sites is 1. The van der Waals surface area contributed by atoms with Crippen molar-refractivity contribution >= 4 is 29.3 Å². The van der Waals surface area contributed by atoms with Gasteiger partial charge < -0.3 is 14.8 Å². The zero-order chi connectivity index (χ0) is 25.7. The molecule has 1 N–H and O–H groups in total. The topological polar surface area (TPSA) is 89.2 Å². The van der Waals surface area contributed by atoms with Crippen LogP contribution in [0.2, 0.25) is 5.02 Å². The van der Waals surface area contributed by atoms with E-state index in [1.807, 2.05) is 67.6 Å². The summed E-state index contributed by atoms with van der Waals surface area (Å²) in [7, 11) is 3.08. The molecule has 0 aliphatic carbocycles. The Balaban J connectivity index is 1.75. The van der Waals surface area contributed by atoms with Crippen LogP contribution in [0.15, 0.2) is 78.5 Å². The van der Waals surface area contributed by atoms with E-state index in [1.165, 1.54) is 13.2 Å². The molecular weight excluding hydrogens is 476 g/mol. The minimum Gasteiger partial charge on any atom is -0.497 e. The Kier molecular flexibility index (Phi) is 7.38. The SMILES string of the molecule is COc1ccc(-c2nn(-c3ccccc3)cc2/C=C(\C#N)C(=O)Nc2cc(C)c(Cl)cc2OC)cc1. The summed E-state index contributed by atoms with van der Waals surface area (Å²) >= 11 is 6.17. The number of anilines is 1. The molecule has 36 heavy (non-hydrogen) atoms. The first-order chi connectivity index (χ1) is 17.4. The maximum absolute atomic E-state index is 13.1. The van der Waals surface area contributed by atoms with Crippen molar-refractivity contribution in [2.24, 2.45) is 0 Å². The van der Waals surface area contributed by atoms with Crippen LogP contribution in [0, 0.1) is 18.3 Å². The van der Waals surface area contributed by atoms with E-state index in [2.05, 4.69) is 5.32 Å². The lowest BCUT2D eigenvalue weighted by atomic mass is 10.1. The number of hydrogen-bond donors (Lipinski definition) is 1. The Morgan fingerprint density at radius 2 is 1.81 bits per heavy atom. The molecule has 180 valence electrons. The van der Waals surface area contributed by atoms with Crippen molar-refractivity contribution in [2.45, 2.75) is 6.92 Å². The Morgan fingerprint density at radius 3 is 2.44 bits per heavy atom. The second-order valence-electron chi connectivity index (χ2n) is 7.87. The Bertz CT molecular complexity index is 1470. The smallest absolute Gasteiger partial charge is 0.266 e. The van der Waals surface area contributed by atoms with Crippen molar-refractivity contribution in [2.75, 3.05) is 19.5 Å². The third-order valence-electron chi connectivity index (χ3n) is 5.52. The van der Waals surface area contributed by atoms with Gasteiger partial charge in [0.05, 0.1) is 31.3 Å². The van der Waals surface area contributed by atoms with Gasteiger partial charge in [-0.25, -0.2) is 4.68 Å². The molecule has 0 bridgehead atoms. The van der Waals surface area contributed by atoms with E-state index >= 15 is 0 Å². The monoisotopic (exact) mass is 498 g/mol. The number of benzene rings is 3. The summed E-state index contributed by atoms with van der Waals surface area (Å²) in [6, 6.07) is 22.3. The van der Waals surface area contributed by atoms with Gasteiger partial charge in [-0.05, 0) is 61.0 Å².